The number of fused-ring (bicyclic) bond motifs is 1. The Morgan fingerprint density at radius 3 is 2.93 bits per heavy atom. The van der Waals surface area contributed by atoms with E-state index in [1.54, 1.807) is 6.26 Å². The van der Waals surface area contributed by atoms with E-state index in [0.717, 1.165) is 65.4 Å². The molecule has 4 rings (SSSR count). The highest BCUT2D eigenvalue weighted by Gasteiger charge is 2.25. The van der Waals surface area contributed by atoms with Crippen LogP contribution >= 0.6 is 23.3 Å². The SMILES string of the molecule is CCCN1CCC(C(=O)Nc2nc3ccc(NSc4conc4C)cc3s2)CC1. The fourth-order valence-electron chi connectivity index (χ4n) is 3.48. The number of carbonyl (C=O) groups excluding carboxylic acids is 1. The van der Waals surface area contributed by atoms with Crippen molar-refractivity contribution < 1.29 is 9.32 Å². The van der Waals surface area contributed by atoms with Gasteiger partial charge in [-0.15, -0.1) is 0 Å². The molecule has 0 atom stereocenters. The van der Waals surface area contributed by atoms with Gasteiger partial charge < -0.3 is 19.5 Å². The van der Waals surface area contributed by atoms with Crippen LogP contribution < -0.4 is 10.0 Å². The Morgan fingerprint density at radius 2 is 2.21 bits per heavy atom. The predicted molar refractivity (Wildman–Crippen MR) is 118 cm³/mol. The van der Waals surface area contributed by atoms with E-state index in [0.29, 0.717) is 5.13 Å². The first kappa shape index (κ1) is 20.2. The molecule has 1 aliphatic heterocycles. The summed E-state index contributed by atoms with van der Waals surface area (Å²) in [6.07, 6.45) is 4.63. The van der Waals surface area contributed by atoms with Gasteiger partial charge in [-0.2, -0.15) is 0 Å². The van der Waals surface area contributed by atoms with Crippen molar-refractivity contribution in [2.45, 2.75) is 38.0 Å². The van der Waals surface area contributed by atoms with Crippen molar-refractivity contribution in [2.75, 3.05) is 29.7 Å². The predicted octanol–water partition coefficient (Wildman–Crippen LogP) is 4.77. The average Bonchev–Trinajstić information content (AvgIpc) is 3.31. The summed E-state index contributed by atoms with van der Waals surface area (Å²) in [6.45, 7) is 7.23. The Morgan fingerprint density at radius 1 is 1.38 bits per heavy atom. The van der Waals surface area contributed by atoms with Gasteiger partial charge in [0.1, 0.15) is 6.26 Å². The van der Waals surface area contributed by atoms with Crippen molar-refractivity contribution in [1.82, 2.24) is 15.0 Å². The van der Waals surface area contributed by atoms with Crippen LogP contribution in [0.5, 0.6) is 0 Å². The van der Waals surface area contributed by atoms with Crippen LogP contribution in [-0.2, 0) is 4.79 Å². The number of rotatable bonds is 7. The summed E-state index contributed by atoms with van der Waals surface area (Å²) in [5, 5.41) is 7.58. The molecule has 0 saturated carbocycles. The van der Waals surface area contributed by atoms with Gasteiger partial charge in [0.2, 0.25) is 5.91 Å². The smallest absolute Gasteiger partial charge is 0.229 e. The topological polar surface area (TPSA) is 83.3 Å². The van der Waals surface area contributed by atoms with E-state index in [1.807, 2.05) is 25.1 Å². The summed E-state index contributed by atoms with van der Waals surface area (Å²) in [5.41, 5.74) is 2.71. The number of hydrogen-bond donors (Lipinski definition) is 2. The molecular formula is C20H25N5O2S2. The molecule has 9 heteroatoms. The van der Waals surface area contributed by atoms with E-state index >= 15 is 0 Å². The molecule has 0 aliphatic carbocycles. The van der Waals surface area contributed by atoms with Crippen LogP contribution in [0.3, 0.4) is 0 Å². The maximum Gasteiger partial charge on any atom is 0.229 e. The third-order valence-electron chi connectivity index (χ3n) is 5.10. The fourth-order valence-corrected chi connectivity index (χ4v) is 5.02. The lowest BCUT2D eigenvalue weighted by Gasteiger charge is -2.30. The maximum atomic E-state index is 12.6. The summed E-state index contributed by atoms with van der Waals surface area (Å²) >= 11 is 2.96. The number of benzene rings is 1. The molecule has 2 N–H and O–H groups in total. The lowest BCUT2D eigenvalue weighted by molar-refractivity contribution is -0.121. The van der Waals surface area contributed by atoms with Gasteiger partial charge in [-0.1, -0.05) is 23.4 Å². The van der Waals surface area contributed by atoms with Crippen LogP contribution in [0.15, 0.2) is 33.9 Å². The van der Waals surface area contributed by atoms with Crippen LogP contribution in [0.2, 0.25) is 0 Å². The van der Waals surface area contributed by atoms with Gasteiger partial charge in [-0.25, -0.2) is 4.98 Å². The van der Waals surface area contributed by atoms with Gasteiger partial charge >= 0.3 is 0 Å². The molecule has 0 unspecified atom stereocenters. The van der Waals surface area contributed by atoms with E-state index < -0.39 is 0 Å². The molecule has 1 amide bonds. The zero-order valence-corrected chi connectivity index (χ0v) is 18.2. The number of aromatic nitrogens is 2. The summed E-state index contributed by atoms with van der Waals surface area (Å²) in [6, 6.07) is 5.99. The molecule has 3 heterocycles. The first-order valence-corrected chi connectivity index (χ1v) is 11.5. The molecule has 0 radical (unpaired) electrons. The zero-order valence-electron chi connectivity index (χ0n) is 16.6. The average molecular weight is 432 g/mol. The normalized spacial score (nSPS) is 15.7. The highest BCUT2D eigenvalue weighted by molar-refractivity contribution is 8.00. The molecular weight excluding hydrogens is 406 g/mol. The Labute approximate surface area is 178 Å². The fraction of sp³-hybridized carbons (Fsp3) is 0.450. The van der Waals surface area contributed by atoms with Gasteiger partial charge in [-0.3, -0.25) is 4.79 Å². The van der Waals surface area contributed by atoms with Crippen LogP contribution in [0, 0.1) is 12.8 Å². The van der Waals surface area contributed by atoms with E-state index in [-0.39, 0.29) is 11.8 Å². The van der Waals surface area contributed by atoms with Crippen LogP contribution in [0.25, 0.3) is 10.2 Å². The quantitative estimate of drug-likeness (QED) is 0.521. The van der Waals surface area contributed by atoms with E-state index in [4.69, 9.17) is 4.52 Å². The minimum Gasteiger partial charge on any atom is -0.363 e. The highest BCUT2D eigenvalue weighted by Crippen LogP contribution is 2.31. The second kappa shape index (κ2) is 9.15. The summed E-state index contributed by atoms with van der Waals surface area (Å²) in [5.74, 6) is 0.174. The second-order valence-corrected chi connectivity index (χ2v) is 9.15. The standard InChI is InChI=1S/C20H25N5O2S2/c1-3-8-25-9-6-14(7-10-25)19(26)22-20-21-16-5-4-15(11-17(16)28-20)24-29-18-12-27-23-13(18)2/h4-5,11-12,14,24H,3,6-10H2,1-2H3,(H,21,22,26). The van der Waals surface area contributed by atoms with Crippen molar-refractivity contribution >= 4 is 50.2 Å². The first-order valence-electron chi connectivity index (χ1n) is 9.90. The van der Waals surface area contributed by atoms with E-state index in [9.17, 15) is 4.79 Å². The first-order chi connectivity index (χ1) is 14.1. The zero-order chi connectivity index (χ0) is 20.2. The Balaban J connectivity index is 1.36. The van der Waals surface area contributed by atoms with E-state index in [2.05, 4.69) is 32.0 Å². The minimum atomic E-state index is 0.0792. The Hall–Kier alpha value is -2.10. The molecule has 0 spiro atoms. The number of hydrogen-bond acceptors (Lipinski definition) is 8. The maximum absolute atomic E-state index is 12.6. The van der Waals surface area contributed by atoms with Gasteiger partial charge in [0, 0.05) is 11.6 Å². The van der Waals surface area contributed by atoms with Crippen LogP contribution in [-0.4, -0.2) is 40.6 Å². The number of likely N-dealkylation sites (tertiary alicyclic amines) is 1. The van der Waals surface area contributed by atoms with E-state index in [1.165, 1.54) is 23.3 Å². The lowest BCUT2D eigenvalue weighted by atomic mass is 9.96. The molecule has 2 aromatic heterocycles. The number of amides is 1. The number of nitrogens with one attached hydrogen (secondary N) is 2. The highest BCUT2D eigenvalue weighted by atomic mass is 32.2. The minimum absolute atomic E-state index is 0.0792. The van der Waals surface area contributed by atoms with Gasteiger partial charge in [0.15, 0.2) is 5.13 Å². The number of aryl methyl sites for hydroxylation is 1. The van der Waals surface area contributed by atoms with Crippen LogP contribution in [0.4, 0.5) is 10.8 Å². The largest absolute Gasteiger partial charge is 0.363 e. The number of nitrogens with zero attached hydrogens (tertiary/aromatic N) is 3. The van der Waals surface area contributed by atoms with Gasteiger partial charge in [0.05, 0.1) is 20.8 Å². The van der Waals surface area contributed by atoms with Crippen molar-refractivity contribution in [3.8, 4) is 0 Å². The number of piperidine rings is 1. The number of anilines is 2. The molecule has 3 aromatic rings. The monoisotopic (exact) mass is 431 g/mol. The summed E-state index contributed by atoms with van der Waals surface area (Å²) < 4.78 is 9.28. The molecule has 7 nitrogen and oxygen atoms in total. The Kier molecular flexibility index (Phi) is 6.37. The molecule has 29 heavy (non-hydrogen) atoms. The Bertz CT molecular complexity index is 978. The molecule has 1 aromatic carbocycles. The van der Waals surface area contributed by atoms with Crippen molar-refractivity contribution in [3.05, 3.63) is 30.2 Å². The van der Waals surface area contributed by atoms with Crippen molar-refractivity contribution in [3.63, 3.8) is 0 Å². The molecule has 154 valence electrons. The lowest BCUT2D eigenvalue weighted by Crippen LogP contribution is -2.38. The van der Waals surface area contributed by atoms with Crippen molar-refractivity contribution in [1.29, 1.82) is 0 Å². The summed E-state index contributed by atoms with van der Waals surface area (Å²) in [4.78, 5) is 20.6. The van der Waals surface area contributed by atoms with Gasteiger partial charge in [-0.05, 0) is 76.0 Å². The van der Waals surface area contributed by atoms with Crippen molar-refractivity contribution in [2.24, 2.45) is 5.92 Å². The summed E-state index contributed by atoms with van der Waals surface area (Å²) in [7, 11) is 0. The third-order valence-corrected chi connectivity index (χ3v) is 6.98. The number of carbonyl (C=O) groups is 1. The van der Waals surface area contributed by atoms with Crippen LogP contribution in [0.1, 0.15) is 31.9 Å². The molecule has 1 aliphatic rings. The second-order valence-electron chi connectivity index (χ2n) is 7.28. The number of thiazole rings is 1. The molecule has 1 fully saturated rings. The van der Waals surface area contributed by atoms with Gasteiger partial charge in [0.25, 0.3) is 0 Å². The molecule has 1 saturated heterocycles. The third kappa shape index (κ3) is 4.91. The molecule has 0 bridgehead atoms.